The lowest BCUT2D eigenvalue weighted by atomic mass is 9.83. The number of para-hydroxylation sites is 1. The molecule has 1 aromatic carbocycles. The Labute approximate surface area is 129 Å². The zero-order valence-electron chi connectivity index (χ0n) is 13.5. The largest absolute Gasteiger partial charge is 0.370 e. The van der Waals surface area contributed by atoms with Gasteiger partial charge in [0.1, 0.15) is 0 Å². The number of aryl methyl sites for hydroxylation is 1. The van der Waals surface area contributed by atoms with Crippen molar-refractivity contribution in [3.63, 3.8) is 0 Å². The van der Waals surface area contributed by atoms with Gasteiger partial charge < -0.3 is 10.2 Å². The van der Waals surface area contributed by atoms with Crippen molar-refractivity contribution in [2.24, 2.45) is 5.92 Å². The van der Waals surface area contributed by atoms with Crippen LogP contribution in [-0.2, 0) is 6.42 Å². The van der Waals surface area contributed by atoms with Gasteiger partial charge in [-0.2, -0.15) is 0 Å². The third kappa shape index (κ3) is 3.60. The molecule has 1 aliphatic carbocycles. The second kappa shape index (κ2) is 7.31. The molecule has 2 nitrogen and oxygen atoms in total. The molecular weight excluding hydrogens is 256 g/mol. The maximum absolute atomic E-state index is 3.79. The molecule has 0 bridgehead atoms. The Hall–Kier alpha value is -1.02. The number of hydrogen-bond acceptors (Lipinski definition) is 2. The SMILES string of the molecule is CCNC(CN1CCCc2ccccc21)C1CCCCC1. The molecule has 1 N–H and O–H groups in total. The van der Waals surface area contributed by atoms with Crippen LogP contribution >= 0.6 is 0 Å². The molecule has 1 atom stereocenters. The number of likely N-dealkylation sites (N-methyl/N-ethyl adjacent to an activating group) is 1. The van der Waals surface area contributed by atoms with Crippen LogP contribution in [0.15, 0.2) is 24.3 Å². The van der Waals surface area contributed by atoms with E-state index in [1.807, 2.05) is 0 Å². The predicted molar refractivity (Wildman–Crippen MR) is 91.0 cm³/mol. The van der Waals surface area contributed by atoms with E-state index in [0.29, 0.717) is 6.04 Å². The van der Waals surface area contributed by atoms with Crippen LogP contribution in [0.3, 0.4) is 0 Å². The van der Waals surface area contributed by atoms with Crippen molar-refractivity contribution in [2.45, 2.75) is 57.9 Å². The minimum atomic E-state index is 0.668. The Morgan fingerprint density at radius 3 is 2.76 bits per heavy atom. The Morgan fingerprint density at radius 1 is 1.14 bits per heavy atom. The molecule has 1 unspecified atom stereocenters. The van der Waals surface area contributed by atoms with Crippen LogP contribution in [0, 0.1) is 5.92 Å². The maximum atomic E-state index is 3.79. The van der Waals surface area contributed by atoms with E-state index in [-0.39, 0.29) is 0 Å². The number of anilines is 1. The Bertz CT molecular complexity index is 437. The zero-order chi connectivity index (χ0) is 14.5. The number of benzene rings is 1. The van der Waals surface area contributed by atoms with Crippen LogP contribution in [0.25, 0.3) is 0 Å². The normalized spacial score (nSPS) is 21.1. The molecular formula is C19H30N2. The number of nitrogens with one attached hydrogen (secondary N) is 1. The lowest BCUT2D eigenvalue weighted by Crippen LogP contribution is -2.47. The van der Waals surface area contributed by atoms with Gasteiger partial charge in [-0.1, -0.05) is 44.4 Å². The van der Waals surface area contributed by atoms with Gasteiger partial charge in [0.25, 0.3) is 0 Å². The van der Waals surface area contributed by atoms with Gasteiger partial charge in [0.2, 0.25) is 0 Å². The molecule has 1 aliphatic heterocycles. The first-order chi connectivity index (χ1) is 10.4. The molecule has 2 heteroatoms. The van der Waals surface area contributed by atoms with E-state index in [1.54, 1.807) is 5.56 Å². The second-order valence-electron chi connectivity index (χ2n) is 6.74. The fourth-order valence-electron chi connectivity index (χ4n) is 4.22. The topological polar surface area (TPSA) is 15.3 Å². The van der Waals surface area contributed by atoms with Crippen molar-refractivity contribution in [1.82, 2.24) is 5.32 Å². The second-order valence-corrected chi connectivity index (χ2v) is 6.74. The van der Waals surface area contributed by atoms with Gasteiger partial charge in [0.15, 0.2) is 0 Å². The molecule has 0 radical (unpaired) electrons. The van der Waals surface area contributed by atoms with E-state index in [1.165, 1.54) is 63.7 Å². The van der Waals surface area contributed by atoms with Crippen molar-refractivity contribution in [2.75, 3.05) is 24.5 Å². The summed E-state index contributed by atoms with van der Waals surface area (Å²) in [5.74, 6) is 0.882. The zero-order valence-corrected chi connectivity index (χ0v) is 13.5. The summed E-state index contributed by atoms with van der Waals surface area (Å²) >= 11 is 0. The summed E-state index contributed by atoms with van der Waals surface area (Å²) < 4.78 is 0. The minimum Gasteiger partial charge on any atom is -0.370 e. The van der Waals surface area contributed by atoms with Gasteiger partial charge in [0, 0.05) is 24.8 Å². The van der Waals surface area contributed by atoms with Crippen LogP contribution in [0.1, 0.15) is 51.0 Å². The summed E-state index contributed by atoms with van der Waals surface area (Å²) in [6.45, 7) is 5.76. The first kappa shape index (κ1) is 14.9. The average Bonchev–Trinajstić information content (AvgIpc) is 2.55. The van der Waals surface area contributed by atoms with Crippen LogP contribution < -0.4 is 10.2 Å². The standard InChI is InChI=1S/C19H30N2/c1-2-20-18(16-9-4-3-5-10-16)15-21-14-8-12-17-11-6-7-13-19(17)21/h6-7,11,13,16,18,20H,2-5,8-10,12,14-15H2,1H3. The van der Waals surface area contributed by atoms with Crippen molar-refractivity contribution >= 4 is 5.69 Å². The lowest BCUT2D eigenvalue weighted by Gasteiger charge is -2.38. The highest BCUT2D eigenvalue weighted by Gasteiger charge is 2.26. The van der Waals surface area contributed by atoms with Crippen LogP contribution in [0.2, 0.25) is 0 Å². The third-order valence-electron chi connectivity index (χ3n) is 5.31. The lowest BCUT2D eigenvalue weighted by molar-refractivity contribution is 0.271. The molecule has 0 aromatic heterocycles. The summed E-state index contributed by atoms with van der Waals surface area (Å²) in [4.78, 5) is 2.64. The fraction of sp³-hybridized carbons (Fsp3) is 0.684. The van der Waals surface area contributed by atoms with Crippen molar-refractivity contribution < 1.29 is 0 Å². The van der Waals surface area contributed by atoms with Gasteiger partial charge in [-0.05, 0) is 49.8 Å². The van der Waals surface area contributed by atoms with E-state index >= 15 is 0 Å². The smallest absolute Gasteiger partial charge is 0.0399 e. The minimum absolute atomic E-state index is 0.668. The fourth-order valence-corrected chi connectivity index (χ4v) is 4.22. The average molecular weight is 286 g/mol. The molecule has 1 fully saturated rings. The van der Waals surface area contributed by atoms with Crippen molar-refractivity contribution in [3.8, 4) is 0 Å². The van der Waals surface area contributed by atoms with Crippen molar-refractivity contribution in [1.29, 1.82) is 0 Å². The van der Waals surface area contributed by atoms with E-state index in [2.05, 4.69) is 41.4 Å². The van der Waals surface area contributed by atoms with Crippen LogP contribution in [-0.4, -0.2) is 25.7 Å². The quantitative estimate of drug-likeness (QED) is 0.880. The summed E-state index contributed by atoms with van der Waals surface area (Å²) in [5, 5.41) is 3.79. The Morgan fingerprint density at radius 2 is 1.95 bits per heavy atom. The molecule has 0 saturated heterocycles. The highest BCUT2D eigenvalue weighted by Crippen LogP contribution is 2.30. The van der Waals surface area contributed by atoms with E-state index in [0.717, 1.165) is 12.5 Å². The molecule has 1 saturated carbocycles. The first-order valence-corrected chi connectivity index (χ1v) is 8.94. The highest BCUT2D eigenvalue weighted by molar-refractivity contribution is 5.55. The molecule has 1 heterocycles. The van der Waals surface area contributed by atoms with Gasteiger partial charge >= 0.3 is 0 Å². The molecule has 116 valence electrons. The summed E-state index contributed by atoms with van der Waals surface area (Å²) in [5.41, 5.74) is 3.03. The van der Waals surface area contributed by atoms with Gasteiger partial charge in [0.05, 0.1) is 0 Å². The molecule has 21 heavy (non-hydrogen) atoms. The summed E-state index contributed by atoms with van der Waals surface area (Å²) in [7, 11) is 0. The van der Waals surface area contributed by atoms with Gasteiger partial charge in [-0.3, -0.25) is 0 Å². The summed E-state index contributed by atoms with van der Waals surface area (Å²) in [6, 6.07) is 9.68. The predicted octanol–water partition coefficient (Wildman–Crippen LogP) is 4.00. The Kier molecular flexibility index (Phi) is 5.18. The van der Waals surface area contributed by atoms with E-state index in [9.17, 15) is 0 Å². The van der Waals surface area contributed by atoms with Crippen molar-refractivity contribution in [3.05, 3.63) is 29.8 Å². The van der Waals surface area contributed by atoms with Gasteiger partial charge in [-0.25, -0.2) is 0 Å². The number of rotatable bonds is 5. The first-order valence-electron chi connectivity index (χ1n) is 8.94. The van der Waals surface area contributed by atoms with Gasteiger partial charge in [-0.15, -0.1) is 0 Å². The van der Waals surface area contributed by atoms with Crippen LogP contribution in [0.4, 0.5) is 5.69 Å². The number of fused-ring (bicyclic) bond motifs is 1. The van der Waals surface area contributed by atoms with E-state index < -0.39 is 0 Å². The third-order valence-corrected chi connectivity index (χ3v) is 5.31. The maximum Gasteiger partial charge on any atom is 0.0399 e. The molecule has 0 amide bonds. The number of nitrogens with zero attached hydrogens (tertiary/aromatic N) is 1. The number of hydrogen-bond donors (Lipinski definition) is 1. The molecule has 2 aliphatic rings. The molecule has 3 rings (SSSR count). The highest BCUT2D eigenvalue weighted by atomic mass is 15.2. The monoisotopic (exact) mass is 286 g/mol. The Balaban J connectivity index is 1.71. The molecule has 0 spiro atoms. The summed E-state index contributed by atoms with van der Waals surface area (Å²) in [6.07, 6.45) is 9.72. The molecule has 1 aromatic rings. The van der Waals surface area contributed by atoms with Crippen LogP contribution in [0.5, 0.6) is 0 Å². The van der Waals surface area contributed by atoms with E-state index in [4.69, 9.17) is 0 Å².